The molecule has 2 amide bonds. The number of nitrogens with one attached hydrogen (secondary N) is 3. The van der Waals surface area contributed by atoms with Crippen molar-refractivity contribution in [2.45, 2.75) is 12.7 Å². The highest BCUT2D eigenvalue weighted by Gasteiger charge is 2.30. The van der Waals surface area contributed by atoms with Gasteiger partial charge in [0.2, 0.25) is 5.91 Å². The van der Waals surface area contributed by atoms with Gasteiger partial charge >= 0.3 is 6.18 Å². The van der Waals surface area contributed by atoms with Crippen molar-refractivity contribution >= 4 is 23.2 Å². The molecule has 3 aromatic carbocycles. The maximum Gasteiger partial charge on any atom is 0.416 e. The Labute approximate surface area is 177 Å². The lowest BCUT2D eigenvalue weighted by molar-refractivity contribution is -0.137. The van der Waals surface area contributed by atoms with E-state index in [-0.39, 0.29) is 23.7 Å². The Bertz CT molecular complexity index is 1050. The van der Waals surface area contributed by atoms with Crippen LogP contribution < -0.4 is 16.0 Å². The Hall–Kier alpha value is -3.81. The molecule has 3 rings (SSSR count). The highest BCUT2D eigenvalue weighted by molar-refractivity contribution is 6.04. The third-order valence-electron chi connectivity index (χ3n) is 4.36. The van der Waals surface area contributed by atoms with E-state index in [1.54, 1.807) is 12.1 Å². The number of hydrogen-bond acceptors (Lipinski definition) is 3. The molecule has 0 aromatic heterocycles. The molecule has 0 atom stereocenters. The molecule has 0 radical (unpaired) electrons. The highest BCUT2D eigenvalue weighted by Crippen LogP contribution is 2.30. The second kappa shape index (κ2) is 9.80. The van der Waals surface area contributed by atoms with Crippen LogP contribution in [0.15, 0.2) is 78.9 Å². The van der Waals surface area contributed by atoms with E-state index in [1.807, 2.05) is 30.3 Å². The first-order valence-electron chi connectivity index (χ1n) is 9.44. The molecule has 5 nitrogen and oxygen atoms in total. The standard InChI is InChI=1S/C23H20F3N3O2/c24-23(25,26)18-9-5-11-20(13-18)29-22(31)17-8-4-10-19(12-17)27-15-21(30)28-14-16-6-2-1-3-7-16/h1-13,27H,14-15H2,(H,28,30)(H,29,31). The van der Waals surface area contributed by atoms with Crippen LogP contribution in [-0.4, -0.2) is 18.4 Å². The average molecular weight is 427 g/mol. The molecular formula is C23H20F3N3O2. The van der Waals surface area contributed by atoms with Crippen LogP contribution in [0.3, 0.4) is 0 Å². The minimum Gasteiger partial charge on any atom is -0.376 e. The van der Waals surface area contributed by atoms with Gasteiger partial charge in [0, 0.05) is 23.5 Å². The Morgan fingerprint density at radius 3 is 2.26 bits per heavy atom. The number of hydrogen-bond donors (Lipinski definition) is 3. The molecule has 0 aliphatic carbocycles. The summed E-state index contributed by atoms with van der Waals surface area (Å²) in [5.41, 5.74) is 0.948. The van der Waals surface area contributed by atoms with Crippen LogP contribution in [0.25, 0.3) is 0 Å². The van der Waals surface area contributed by atoms with Crippen LogP contribution >= 0.6 is 0 Å². The largest absolute Gasteiger partial charge is 0.416 e. The van der Waals surface area contributed by atoms with Gasteiger partial charge in [0.25, 0.3) is 5.91 Å². The lowest BCUT2D eigenvalue weighted by Crippen LogP contribution is -2.29. The van der Waals surface area contributed by atoms with Crippen LogP contribution in [0, 0.1) is 0 Å². The lowest BCUT2D eigenvalue weighted by Gasteiger charge is -2.11. The SMILES string of the molecule is O=C(CNc1cccc(C(=O)Nc2cccc(C(F)(F)F)c2)c1)NCc1ccccc1. The molecule has 31 heavy (non-hydrogen) atoms. The van der Waals surface area contributed by atoms with Gasteiger partial charge in [-0.2, -0.15) is 13.2 Å². The molecule has 0 heterocycles. The molecule has 0 spiro atoms. The van der Waals surface area contributed by atoms with Crippen LogP contribution in [-0.2, 0) is 17.5 Å². The molecule has 8 heteroatoms. The third kappa shape index (κ3) is 6.60. The molecule has 0 saturated heterocycles. The molecule has 3 aromatic rings. The summed E-state index contributed by atoms with van der Waals surface area (Å²) in [5, 5.41) is 8.17. The van der Waals surface area contributed by atoms with Crippen molar-refractivity contribution in [3.63, 3.8) is 0 Å². The van der Waals surface area contributed by atoms with E-state index in [2.05, 4.69) is 16.0 Å². The van der Waals surface area contributed by atoms with Crippen LogP contribution in [0.2, 0.25) is 0 Å². The number of carbonyl (C=O) groups excluding carboxylic acids is 2. The normalized spacial score (nSPS) is 10.9. The second-order valence-electron chi connectivity index (χ2n) is 6.73. The first-order valence-corrected chi connectivity index (χ1v) is 9.44. The molecule has 0 saturated carbocycles. The summed E-state index contributed by atoms with van der Waals surface area (Å²) in [6.07, 6.45) is -4.49. The molecule has 0 aliphatic heterocycles. The molecule has 0 unspecified atom stereocenters. The van der Waals surface area contributed by atoms with Crippen molar-refractivity contribution in [3.8, 4) is 0 Å². The number of anilines is 2. The second-order valence-corrected chi connectivity index (χ2v) is 6.73. The molecule has 0 bridgehead atoms. The summed E-state index contributed by atoms with van der Waals surface area (Å²) in [7, 11) is 0. The Kier molecular flexibility index (Phi) is 6.92. The van der Waals surface area contributed by atoms with Crippen LogP contribution in [0.5, 0.6) is 0 Å². The first-order chi connectivity index (χ1) is 14.8. The molecule has 160 valence electrons. The van der Waals surface area contributed by atoms with Gasteiger partial charge in [-0.25, -0.2) is 0 Å². The smallest absolute Gasteiger partial charge is 0.376 e. The van der Waals surface area contributed by atoms with Crippen molar-refractivity contribution in [1.29, 1.82) is 0 Å². The summed E-state index contributed by atoms with van der Waals surface area (Å²) in [6.45, 7) is 0.409. The highest BCUT2D eigenvalue weighted by atomic mass is 19.4. The minimum absolute atomic E-state index is 0.00549. The fraction of sp³-hybridized carbons (Fsp3) is 0.130. The summed E-state index contributed by atoms with van der Waals surface area (Å²) in [5.74, 6) is -0.779. The first kappa shape index (κ1) is 21.9. The number of alkyl halides is 3. The average Bonchev–Trinajstić information content (AvgIpc) is 2.77. The number of amides is 2. The predicted molar refractivity (Wildman–Crippen MR) is 113 cm³/mol. The molecule has 0 fully saturated rings. The third-order valence-corrected chi connectivity index (χ3v) is 4.36. The number of benzene rings is 3. The molecular weight excluding hydrogens is 407 g/mol. The zero-order chi connectivity index (χ0) is 22.3. The summed E-state index contributed by atoms with van der Waals surface area (Å²) in [4.78, 5) is 24.4. The summed E-state index contributed by atoms with van der Waals surface area (Å²) in [6, 6.07) is 20.2. The monoisotopic (exact) mass is 427 g/mol. The number of rotatable bonds is 7. The van der Waals surface area contributed by atoms with E-state index in [9.17, 15) is 22.8 Å². The van der Waals surface area contributed by atoms with Gasteiger partial charge < -0.3 is 16.0 Å². The molecule has 0 aliphatic rings. The lowest BCUT2D eigenvalue weighted by atomic mass is 10.1. The van der Waals surface area contributed by atoms with Gasteiger partial charge in [0.15, 0.2) is 0 Å². The van der Waals surface area contributed by atoms with Gasteiger partial charge in [-0.15, -0.1) is 0 Å². The maximum absolute atomic E-state index is 12.8. The number of carbonyl (C=O) groups is 2. The van der Waals surface area contributed by atoms with Gasteiger partial charge in [-0.3, -0.25) is 9.59 Å². The number of halogens is 3. The van der Waals surface area contributed by atoms with Gasteiger partial charge in [-0.05, 0) is 42.0 Å². The fourth-order valence-corrected chi connectivity index (χ4v) is 2.79. The van der Waals surface area contributed by atoms with E-state index in [4.69, 9.17) is 0 Å². The van der Waals surface area contributed by atoms with E-state index >= 15 is 0 Å². The van der Waals surface area contributed by atoms with Crippen LogP contribution in [0.1, 0.15) is 21.5 Å². The summed E-state index contributed by atoms with van der Waals surface area (Å²) < 4.78 is 38.5. The van der Waals surface area contributed by atoms with Crippen LogP contribution in [0.4, 0.5) is 24.5 Å². The van der Waals surface area contributed by atoms with E-state index < -0.39 is 17.6 Å². The maximum atomic E-state index is 12.8. The van der Waals surface area contributed by atoms with Gasteiger partial charge in [0.05, 0.1) is 12.1 Å². The van der Waals surface area contributed by atoms with E-state index in [0.717, 1.165) is 17.7 Å². The van der Waals surface area contributed by atoms with Gasteiger partial charge in [-0.1, -0.05) is 42.5 Å². The Morgan fingerprint density at radius 2 is 1.52 bits per heavy atom. The van der Waals surface area contributed by atoms with Crippen molar-refractivity contribution in [2.24, 2.45) is 0 Å². The minimum atomic E-state index is -4.49. The summed E-state index contributed by atoms with van der Waals surface area (Å²) >= 11 is 0. The quantitative estimate of drug-likeness (QED) is 0.513. The Morgan fingerprint density at radius 1 is 0.806 bits per heavy atom. The zero-order valence-electron chi connectivity index (χ0n) is 16.4. The fourth-order valence-electron chi connectivity index (χ4n) is 2.79. The topological polar surface area (TPSA) is 70.2 Å². The van der Waals surface area contributed by atoms with Gasteiger partial charge in [0.1, 0.15) is 0 Å². The van der Waals surface area contributed by atoms with Crippen molar-refractivity contribution in [1.82, 2.24) is 5.32 Å². The van der Waals surface area contributed by atoms with Crippen molar-refractivity contribution < 1.29 is 22.8 Å². The van der Waals surface area contributed by atoms with E-state index in [1.165, 1.54) is 24.3 Å². The predicted octanol–water partition coefficient (Wildman–Crippen LogP) is 4.69. The van der Waals surface area contributed by atoms with E-state index in [0.29, 0.717) is 12.2 Å². The van der Waals surface area contributed by atoms with Crippen molar-refractivity contribution in [2.75, 3.05) is 17.2 Å². The van der Waals surface area contributed by atoms with Crippen molar-refractivity contribution in [3.05, 3.63) is 95.6 Å². The zero-order valence-corrected chi connectivity index (χ0v) is 16.4. The Balaban J connectivity index is 1.56. The molecule has 3 N–H and O–H groups in total.